The zero-order valence-electron chi connectivity index (χ0n) is 5.91. The van der Waals surface area contributed by atoms with Crippen molar-refractivity contribution in [3.63, 3.8) is 0 Å². The van der Waals surface area contributed by atoms with Crippen molar-refractivity contribution in [1.82, 2.24) is 0 Å². The summed E-state index contributed by atoms with van der Waals surface area (Å²) in [4.78, 5) is 20.7. The molecule has 0 spiro atoms. The molecule has 0 radical (unpaired) electrons. The zero-order chi connectivity index (χ0) is 8.15. The van der Waals surface area contributed by atoms with Crippen LogP contribution >= 0.6 is 0 Å². The van der Waals surface area contributed by atoms with E-state index in [2.05, 4.69) is 0 Å². The summed E-state index contributed by atoms with van der Waals surface area (Å²) < 4.78 is 0. The maximum Gasteiger partial charge on any atom is 0.158 e. The molecule has 0 aliphatic heterocycles. The van der Waals surface area contributed by atoms with Gasteiger partial charge >= 0.3 is 0 Å². The molecule has 0 fully saturated rings. The smallest absolute Gasteiger partial charge is 0.158 e. The van der Waals surface area contributed by atoms with Gasteiger partial charge in [0.2, 0.25) is 0 Å². The van der Waals surface area contributed by atoms with Gasteiger partial charge in [-0.25, -0.2) is 0 Å². The first-order chi connectivity index (χ1) is 4.57. The molecule has 10 heavy (non-hydrogen) atoms. The Morgan fingerprint density at radius 1 is 1.60 bits per heavy atom. The zero-order valence-corrected chi connectivity index (χ0v) is 5.91. The monoisotopic (exact) mass is 144 g/mol. The molecule has 0 aromatic rings. The third-order valence-corrected chi connectivity index (χ3v) is 1.04. The summed E-state index contributed by atoms with van der Waals surface area (Å²) >= 11 is 0. The average molecular weight is 144 g/mol. The topological polar surface area (TPSA) is 86.2 Å². The predicted octanol–water partition coefficient (Wildman–Crippen LogP) is -1.18. The minimum absolute atomic E-state index is 0.167. The molecule has 4 heteroatoms. The molecule has 0 bridgehead atoms. The van der Waals surface area contributed by atoms with Gasteiger partial charge in [-0.1, -0.05) is 0 Å². The lowest BCUT2D eigenvalue weighted by molar-refractivity contribution is -0.124. The van der Waals surface area contributed by atoms with Crippen LogP contribution in [0.15, 0.2) is 0 Å². The van der Waals surface area contributed by atoms with Crippen molar-refractivity contribution in [2.45, 2.75) is 25.4 Å². The Morgan fingerprint density at radius 2 is 2.10 bits per heavy atom. The van der Waals surface area contributed by atoms with Crippen molar-refractivity contribution in [2.75, 3.05) is 0 Å². The molecule has 0 rings (SSSR count). The van der Waals surface area contributed by atoms with Gasteiger partial charge in [-0.15, -0.1) is 0 Å². The maximum atomic E-state index is 10.7. The largest absolute Gasteiger partial charge is 0.328 e. The Labute approximate surface area is 59.6 Å². The molecule has 0 aliphatic rings. The number of carbonyl (C=O) groups is 2. The molecule has 2 atom stereocenters. The summed E-state index contributed by atoms with van der Waals surface area (Å²) in [5, 5.41) is 0. The van der Waals surface area contributed by atoms with E-state index in [0.717, 1.165) is 0 Å². The van der Waals surface area contributed by atoms with Crippen LogP contribution in [-0.2, 0) is 9.59 Å². The Bertz CT molecular complexity index is 134. The number of rotatable bonds is 4. The summed E-state index contributed by atoms with van der Waals surface area (Å²) in [7, 11) is 0. The van der Waals surface area contributed by atoms with E-state index >= 15 is 0 Å². The highest BCUT2D eigenvalue weighted by Gasteiger charge is 2.12. The molecule has 4 nitrogen and oxygen atoms in total. The normalized spacial score (nSPS) is 15.9. The van der Waals surface area contributed by atoms with Gasteiger partial charge in [0.05, 0.1) is 0 Å². The molecule has 2 unspecified atom stereocenters. The minimum atomic E-state index is -0.994. The van der Waals surface area contributed by atoms with Crippen molar-refractivity contribution in [1.29, 1.82) is 0 Å². The number of carbonyl (C=O) groups excluding carboxylic acids is 2. The van der Waals surface area contributed by atoms with E-state index in [1.807, 2.05) is 0 Å². The third-order valence-electron chi connectivity index (χ3n) is 1.04. The first-order valence-electron chi connectivity index (χ1n) is 3.07. The lowest BCUT2D eigenvalue weighted by Crippen LogP contribution is -2.35. The second-order valence-electron chi connectivity index (χ2n) is 2.31. The molecule has 58 valence electrons. The molecule has 0 saturated heterocycles. The van der Waals surface area contributed by atoms with Gasteiger partial charge in [-0.3, -0.25) is 4.79 Å². The highest BCUT2D eigenvalue weighted by molar-refractivity contribution is 5.97. The van der Waals surface area contributed by atoms with Crippen molar-refractivity contribution in [3.05, 3.63) is 0 Å². The van der Waals surface area contributed by atoms with Crippen LogP contribution in [-0.4, -0.2) is 24.2 Å². The van der Waals surface area contributed by atoms with E-state index in [1.165, 1.54) is 0 Å². The molecular formula is C6H12N2O2. The van der Waals surface area contributed by atoms with E-state index in [1.54, 1.807) is 6.92 Å². The van der Waals surface area contributed by atoms with Crippen molar-refractivity contribution < 1.29 is 9.59 Å². The second-order valence-corrected chi connectivity index (χ2v) is 2.31. The van der Waals surface area contributed by atoms with Gasteiger partial charge in [-0.05, 0) is 6.92 Å². The van der Waals surface area contributed by atoms with Gasteiger partial charge in [0.1, 0.15) is 12.3 Å². The van der Waals surface area contributed by atoms with E-state index in [9.17, 15) is 9.59 Å². The number of hydrogen-bond acceptors (Lipinski definition) is 4. The molecule has 0 heterocycles. The number of ketones is 1. The van der Waals surface area contributed by atoms with Crippen LogP contribution in [0, 0.1) is 0 Å². The van der Waals surface area contributed by atoms with E-state index in [4.69, 9.17) is 11.5 Å². The van der Waals surface area contributed by atoms with Crippen LogP contribution in [0.25, 0.3) is 0 Å². The van der Waals surface area contributed by atoms with Gasteiger partial charge in [0.25, 0.3) is 0 Å². The van der Waals surface area contributed by atoms with Crippen molar-refractivity contribution in [3.8, 4) is 0 Å². The number of aldehydes is 1. The summed E-state index contributed by atoms with van der Waals surface area (Å²) in [6.07, 6.45) is 0.588. The first-order valence-corrected chi connectivity index (χ1v) is 3.07. The summed E-state index contributed by atoms with van der Waals surface area (Å²) in [6.45, 7) is 1.69. The molecular weight excluding hydrogens is 132 g/mol. The van der Waals surface area contributed by atoms with Crippen LogP contribution in [0.1, 0.15) is 13.3 Å². The Morgan fingerprint density at radius 3 is 2.40 bits per heavy atom. The van der Waals surface area contributed by atoms with Crippen molar-refractivity contribution in [2.24, 2.45) is 11.5 Å². The number of hydrogen-bond donors (Lipinski definition) is 2. The summed E-state index contributed by atoms with van der Waals surface area (Å²) in [5.41, 5.74) is 10.4. The highest BCUT2D eigenvalue weighted by atomic mass is 16.1. The van der Waals surface area contributed by atoms with Crippen LogP contribution in [0.4, 0.5) is 0 Å². The minimum Gasteiger partial charge on any atom is -0.328 e. The molecule has 0 aromatic carbocycles. The standard InChI is InChI=1S/C6H12N2O2/c1-4(7)2-6(10)5(8)3-9/h3-5H,2,7-8H2,1H3. The Hall–Kier alpha value is -0.740. The molecule has 0 saturated carbocycles. The van der Waals surface area contributed by atoms with Gasteiger partial charge < -0.3 is 16.3 Å². The SMILES string of the molecule is CC(N)CC(=O)C(N)C=O. The predicted molar refractivity (Wildman–Crippen MR) is 37.3 cm³/mol. The number of Topliss-reactive ketones (excluding diaryl/α,β-unsaturated/α-hetero) is 1. The summed E-state index contributed by atoms with van der Waals surface area (Å²) in [5.74, 6) is -0.301. The van der Waals surface area contributed by atoms with Gasteiger partial charge in [-0.2, -0.15) is 0 Å². The van der Waals surface area contributed by atoms with Gasteiger partial charge in [0.15, 0.2) is 5.78 Å². The van der Waals surface area contributed by atoms with E-state index < -0.39 is 6.04 Å². The summed E-state index contributed by atoms with van der Waals surface area (Å²) in [6, 6.07) is -1.22. The molecule has 4 N–H and O–H groups in total. The fourth-order valence-electron chi connectivity index (χ4n) is 0.529. The maximum absolute atomic E-state index is 10.7. The van der Waals surface area contributed by atoms with Crippen LogP contribution in [0.3, 0.4) is 0 Å². The first kappa shape index (κ1) is 9.26. The number of nitrogens with two attached hydrogens (primary N) is 2. The van der Waals surface area contributed by atoms with E-state index in [-0.39, 0.29) is 18.2 Å². The molecule has 0 amide bonds. The fourth-order valence-corrected chi connectivity index (χ4v) is 0.529. The van der Waals surface area contributed by atoms with Crippen LogP contribution < -0.4 is 11.5 Å². The average Bonchev–Trinajstić information content (AvgIpc) is 1.85. The van der Waals surface area contributed by atoms with Crippen LogP contribution in [0.5, 0.6) is 0 Å². The van der Waals surface area contributed by atoms with Crippen LogP contribution in [0.2, 0.25) is 0 Å². The van der Waals surface area contributed by atoms with E-state index in [0.29, 0.717) is 6.29 Å². The lowest BCUT2D eigenvalue weighted by atomic mass is 10.1. The Kier molecular flexibility index (Phi) is 3.83. The lowest BCUT2D eigenvalue weighted by Gasteiger charge is -2.04. The quantitative estimate of drug-likeness (QED) is 0.384. The third kappa shape index (κ3) is 3.32. The molecule has 0 aliphatic carbocycles. The second kappa shape index (κ2) is 4.14. The highest BCUT2D eigenvalue weighted by Crippen LogP contribution is 1.90. The van der Waals surface area contributed by atoms with Crippen molar-refractivity contribution >= 4 is 12.1 Å². The fraction of sp³-hybridized carbons (Fsp3) is 0.667. The van der Waals surface area contributed by atoms with Gasteiger partial charge in [0, 0.05) is 12.5 Å². The Balaban J connectivity index is 3.73. The molecule has 0 aromatic heterocycles.